The molecular formula is C16H11ClN4O3S. The first-order valence-corrected chi connectivity index (χ1v) is 8.48. The number of hydrogen-bond acceptors (Lipinski definition) is 6. The Bertz CT molecular complexity index is 962. The van der Waals surface area contributed by atoms with Crippen LogP contribution in [0.3, 0.4) is 0 Å². The van der Waals surface area contributed by atoms with E-state index in [0.29, 0.717) is 5.03 Å². The summed E-state index contributed by atoms with van der Waals surface area (Å²) in [5, 5.41) is 24.1. The molecular weight excluding hydrogens is 364 g/mol. The second-order valence-electron chi connectivity index (χ2n) is 5.00. The Kier molecular flexibility index (Phi) is 5.11. The third kappa shape index (κ3) is 4.04. The van der Waals surface area contributed by atoms with E-state index >= 15 is 0 Å². The molecule has 0 aliphatic heterocycles. The minimum atomic E-state index is -0.549. The van der Waals surface area contributed by atoms with E-state index in [4.69, 9.17) is 11.6 Å². The lowest BCUT2D eigenvalue weighted by atomic mass is 10.2. The number of nitro groups is 1. The minimum absolute atomic E-state index is 0.0711. The van der Waals surface area contributed by atoms with Crippen LogP contribution in [0, 0.1) is 10.1 Å². The summed E-state index contributed by atoms with van der Waals surface area (Å²) in [5.74, 6) is -0.274. The Morgan fingerprint density at radius 3 is 2.88 bits per heavy atom. The molecule has 2 aromatic carbocycles. The number of rotatable bonds is 5. The number of aromatic nitrogens is 2. The average Bonchev–Trinajstić information content (AvgIpc) is 2.61. The molecule has 0 aliphatic rings. The van der Waals surface area contributed by atoms with Crippen LogP contribution in [-0.2, 0) is 4.79 Å². The number of fused-ring (bicyclic) bond motifs is 1. The number of amides is 1. The molecule has 0 radical (unpaired) electrons. The van der Waals surface area contributed by atoms with Gasteiger partial charge in [-0.3, -0.25) is 14.9 Å². The first kappa shape index (κ1) is 17.1. The molecule has 1 aromatic heterocycles. The van der Waals surface area contributed by atoms with Crippen molar-refractivity contribution in [2.45, 2.75) is 5.03 Å². The quantitative estimate of drug-likeness (QED) is 0.413. The van der Waals surface area contributed by atoms with Gasteiger partial charge in [0.15, 0.2) is 0 Å². The van der Waals surface area contributed by atoms with Gasteiger partial charge in [0, 0.05) is 22.9 Å². The van der Waals surface area contributed by atoms with Crippen molar-refractivity contribution >= 4 is 51.4 Å². The second kappa shape index (κ2) is 7.45. The number of thioether (sulfide) groups is 1. The highest BCUT2D eigenvalue weighted by Crippen LogP contribution is 2.28. The molecule has 0 aliphatic carbocycles. The lowest BCUT2D eigenvalue weighted by molar-refractivity contribution is -0.384. The molecule has 1 heterocycles. The second-order valence-corrected chi connectivity index (χ2v) is 6.37. The summed E-state index contributed by atoms with van der Waals surface area (Å²) in [6, 6.07) is 11.5. The van der Waals surface area contributed by atoms with Crippen LogP contribution in [0.15, 0.2) is 53.7 Å². The molecule has 9 heteroatoms. The van der Waals surface area contributed by atoms with Gasteiger partial charge in [-0.25, -0.2) is 0 Å². The average molecular weight is 375 g/mol. The predicted molar refractivity (Wildman–Crippen MR) is 97.0 cm³/mol. The van der Waals surface area contributed by atoms with Crippen LogP contribution >= 0.6 is 23.4 Å². The maximum absolute atomic E-state index is 12.1. The number of nitrogens with one attached hydrogen (secondary N) is 1. The molecule has 3 rings (SSSR count). The van der Waals surface area contributed by atoms with Gasteiger partial charge in [-0.2, -0.15) is 5.10 Å². The van der Waals surface area contributed by atoms with Crippen LogP contribution in [-0.4, -0.2) is 26.8 Å². The van der Waals surface area contributed by atoms with Gasteiger partial charge >= 0.3 is 0 Å². The van der Waals surface area contributed by atoms with E-state index in [1.165, 1.54) is 30.0 Å². The number of anilines is 1. The van der Waals surface area contributed by atoms with Crippen LogP contribution in [0.4, 0.5) is 11.4 Å². The van der Waals surface area contributed by atoms with Gasteiger partial charge in [-0.1, -0.05) is 47.6 Å². The largest absolute Gasteiger partial charge is 0.324 e. The van der Waals surface area contributed by atoms with Crippen LogP contribution in [0.25, 0.3) is 10.8 Å². The Hall–Kier alpha value is -2.71. The van der Waals surface area contributed by atoms with Crippen molar-refractivity contribution in [1.29, 1.82) is 0 Å². The van der Waals surface area contributed by atoms with Gasteiger partial charge in [0.2, 0.25) is 5.91 Å². The van der Waals surface area contributed by atoms with E-state index in [0.717, 1.165) is 10.8 Å². The third-order valence-corrected chi connectivity index (χ3v) is 4.62. The smallest absolute Gasteiger partial charge is 0.271 e. The van der Waals surface area contributed by atoms with E-state index in [1.54, 1.807) is 6.20 Å². The molecule has 7 nitrogen and oxygen atoms in total. The summed E-state index contributed by atoms with van der Waals surface area (Å²) in [6.07, 6.45) is 1.66. The molecule has 0 fully saturated rings. The van der Waals surface area contributed by atoms with E-state index < -0.39 is 4.92 Å². The lowest BCUT2D eigenvalue weighted by Gasteiger charge is -2.07. The fraction of sp³-hybridized carbons (Fsp3) is 0.0625. The van der Waals surface area contributed by atoms with Crippen molar-refractivity contribution in [3.8, 4) is 0 Å². The van der Waals surface area contributed by atoms with Crippen molar-refractivity contribution in [2.75, 3.05) is 11.1 Å². The summed E-state index contributed by atoms with van der Waals surface area (Å²) in [7, 11) is 0. The van der Waals surface area contributed by atoms with E-state index in [-0.39, 0.29) is 28.1 Å². The summed E-state index contributed by atoms with van der Waals surface area (Å²) >= 11 is 7.20. The minimum Gasteiger partial charge on any atom is -0.324 e. The molecule has 0 saturated heterocycles. The molecule has 126 valence electrons. The van der Waals surface area contributed by atoms with Crippen LogP contribution in [0.2, 0.25) is 5.02 Å². The van der Waals surface area contributed by atoms with E-state index in [9.17, 15) is 14.9 Å². The normalized spacial score (nSPS) is 10.6. The summed E-state index contributed by atoms with van der Waals surface area (Å²) in [6.45, 7) is 0. The Morgan fingerprint density at radius 1 is 1.28 bits per heavy atom. The molecule has 0 atom stereocenters. The maximum Gasteiger partial charge on any atom is 0.271 e. The molecule has 0 saturated carbocycles. The van der Waals surface area contributed by atoms with Gasteiger partial charge < -0.3 is 5.32 Å². The number of non-ortho nitro benzene ring substituents is 1. The zero-order chi connectivity index (χ0) is 17.8. The summed E-state index contributed by atoms with van der Waals surface area (Å²) < 4.78 is 0. The maximum atomic E-state index is 12.1. The number of hydrogen-bond donors (Lipinski definition) is 1. The van der Waals surface area contributed by atoms with Gasteiger partial charge in [0.25, 0.3) is 5.69 Å². The monoisotopic (exact) mass is 374 g/mol. The number of nitrogens with zero attached hydrogens (tertiary/aromatic N) is 3. The van der Waals surface area contributed by atoms with E-state index in [2.05, 4.69) is 15.5 Å². The van der Waals surface area contributed by atoms with Crippen molar-refractivity contribution in [3.05, 3.63) is 63.8 Å². The molecule has 25 heavy (non-hydrogen) atoms. The number of carbonyl (C=O) groups excluding carboxylic acids is 1. The van der Waals surface area contributed by atoms with Gasteiger partial charge in [-0.05, 0) is 6.07 Å². The molecule has 1 amide bonds. The van der Waals surface area contributed by atoms with Gasteiger partial charge in [0.05, 0.1) is 27.6 Å². The highest BCUT2D eigenvalue weighted by atomic mass is 35.5. The Morgan fingerprint density at radius 2 is 2.08 bits per heavy atom. The van der Waals surface area contributed by atoms with Crippen molar-refractivity contribution < 1.29 is 9.72 Å². The van der Waals surface area contributed by atoms with Crippen molar-refractivity contribution in [3.63, 3.8) is 0 Å². The SMILES string of the molecule is O=C(CSc1nncc2ccccc12)Nc1cc([N+](=O)[O-])ccc1Cl. The molecule has 3 aromatic rings. The van der Waals surface area contributed by atoms with Gasteiger partial charge in [0.1, 0.15) is 5.03 Å². The highest BCUT2D eigenvalue weighted by Gasteiger charge is 2.13. The van der Waals surface area contributed by atoms with Crippen LogP contribution in [0.5, 0.6) is 0 Å². The summed E-state index contributed by atoms with van der Waals surface area (Å²) in [4.78, 5) is 22.4. The standard InChI is InChI=1S/C16H11ClN4O3S/c17-13-6-5-11(21(23)24)7-14(13)19-15(22)9-25-16-12-4-2-1-3-10(12)8-18-20-16/h1-8H,9H2,(H,19,22). The zero-order valence-electron chi connectivity index (χ0n) is 12.7. The topological polar surface area (TPSA) is 98.0 Å². The van der Waals surface area contributed by atoms with Crippen molar-refractivity contribution in [2.24, 2.45) is 0 Å². The highest BCUT2D eigenvalue weighted by molar-refractivity contribution is 8.00. The lowest BCUT2D eigenvalue weighted by Crippen LogP contribution is -2.14. The molecule has 1 N–H and O–H groups in total. The Labute approximate surface area is 151 Å². The van der Waals surface area contributed by atoms with Gasteiger partial charge in [-0.15, -0.1) is 5.10 Å². The molecule has 0 unspecified atom stereocenters. The predicted octanol–water partition coefficient (Wildman–Crippen LogP) is 3.92. The van der Waals surface area contributed by atoms with Crippen LogP contribution in [0.1, 0.15) is 0 Å². The number of nitro benzene ring substituents is 1. The summed E-state index contributed by atoms with van der Waals surface area (Å²) in [5.41, 5.74) is 0.0535. The third-order valence-electron chi connectivity index (χ3n) is 3.31. The first-order valence-electron chi connectivity index (χ1n) is 7.11. The molecule has 0 bridgehead atoms. The first-order chi connectivity index (χ1) is 12.0. The van der Waals surface area contributed by atoms with E-state index in [1.807, 2.05) is 24.3 Å². The Balaban J connectivity index is 1.71. The number of halogens is 1. The number of benzene rings is 2. The fourth-order valence-electron chi connectivity index (χ4n) is 2.15. The number of carbonyl (C=O) groups is 1. The fourth-order valence-corrected chi connectivity index (χ4v) is 3.10. The van der Waals surface area contributed by atoms with Crippen LogP contribution < -0.4 is 5.32 Å². The zero-order valence-corrected chi connectivity index (χ0v) is 14.3. The van der Waals surface area contributed by atoms with Crippen molar-refractivity contribution in [1.82, 2.24) is 10.2 Å². The molecule has 0 spiro atoms.